The van der Waals surface area contributed by atoms with Gasteiger partial charge in [-0.3, -0.25) is 0 Å². The van der Waals surface area contributed by atoms with E-state index >= 15 is 0 Å². The molecule has 0 aromatic heterocycles. The van der Waals surface area contributed by atoms with Gasteiger partial charge in [-0.1, -0.05) is 12.8 Å². The molecule has 2 aliphatic rings. The van der Waals surface area contributed by atoms with Crippen molar-refractivity contribution in [2.24, 2.45) is 5.73 Å². The predicted molar refractivity (Wildman–Crippen MR) is 77.1 cm³/mol. The summed E-state index contributed by atoms with van der Waals surface area (Å²) in [7, 11) is 2.12. The molecule has 2 rings (SSSR count). The highest BCUT2D eigenvalue weighted by molar-refractivity contribution is 5.75. The van der Waals surface area contributed by atoms with Crippen molar-refractivity contribution in [3.05, 3.63) is 0 Å². The SMILES string of the molecule is CN1CCC(CN)(NC(=O)N2CCCCCC2)CC1. The van der Waals surface area contributed by atoms with Crippen LogP contribution in [0.1, 0.15) is 38.5 Å². The quantitative estimate of drug-likeness (QED) is 0.785. The molecule has 0 bridgehead atoms. The van der Waals surface area contributed by atoms with Gasteiger partial charge in [0.1, 0.15) is 0 Å². The Morgan fingerprint density at radius 2 is 1.68 bits per heavy atom. The fourth-order valence-corrected chi connectivity index (χ4v) is 3.01. The summed E-state index contributed by atoms with van der Waals surface area (Å²) < 4.78 is 0. The van der Waals surface area contributed by atoms with Crippen LogP contribution in [-0.4, -0.2) is 61.1 Å². The van der Waals surface area contributed by atoms with Crippen LogP contribution in [0, 0.1) is 0 Å². The molecule has 0 aliphatic carbocycles. The molecule has 3 N–H and O–H groups in total. The van der Waals surface area contributed by atoms with Crippen LogP contribution < -0.4 is 11.1 Å². The number of nitrogens with zero attached hydrogens (tertiary/aromatic N) is 2. The first-order chi connectivity index (χ1) is 9.15. The van der Waals surface area contributed by atoms with Crippen LogP contribution in [0.2, 0.25) is 0 Å². The molecule has 0 spiro atoms. The Bertz CT molecular complexity index is 292. The number of nitrogens with one attached hydrogen (secondary N) is 1. The van der Waals surface area contributed by atoms with Gasteiger partial charge in [-0.2, -0.15) is 0 Å². The lowest BCUT2D eigenvalue weighted by molar-refractivity contribution is 0.144. The van der Waals surface area contributed by atoms with Crippen molar-refractivity contribution in [2.45, 2.75) is 44.1 Å². The molecule has 0 saturated carbocycles. The van der Waals surface area contributed by atoms with Crippen molar-refractivity contribution in [2.75, 3.05) is 39.8 Å². The van der Waals surface area contributed by atoms with Gasteiger partial charge in [0.2, 0.25) is 0 Å². The third-order valence-corrected chi connectivity index (χ3v) is 4.60. The van der Waals surface area contributed by atoms with Crippen molar-refractivity contribution < 1.29 is 4.79 Å². The van der Waals surface area contributed by atoms with Crippen LogP contribution in [0.3, 0.4) is 0 Å². The minimum absolute atomic E-state index is 0.0944. The second kappa shape index (κ2) is 6.57. The minimum atomic E-state index is -0.185. The second-order valence-electron chi connectivity index (χ2n) is 6.12. The highest BCUT2D eigenvalue weighted by Crippen LogP contribution is 2.21. The third kappa shape index (κ3) is 3.83. The van der Waals surface area contributed by atoms with E-state index in [1.165, 1.54) is 12.8 Å². The van der Waals surface area contributed by atoms with Crippen LogP contribution >= 0.6 is 0 Å². The number of nitrogens with two attached hydrogens (primary N) is 1. The van der Waals surface area contributed by atoms with E-state index in [1.54, 1.807) is 0 Å². The summed E-state index contributed by atoms with van der Waals surface area (Å²) in [4.78, 5) is 16.7. The number of piperidine rings is 1. The average Bonchev–Trinajstić information content (AvgIpc) is 2.71. The Morgan fingerprint density at radius 3 is 2.21 bits per heavy atom. The van der Waals surface area contributed by atoms with E-state index in [2.05, 4.69) is 17.3 Å². The zero-order valence-electron chi connectivity index (χ0n) is 12.2. The Hall–Kier alpha value is -0.810. The fourth-order valence-electron chi connectivity index (χ4n) is 3.01. The van der Waals surface area contributed by atoms with E-state index in [4.69, 9.17) is 5.73 Å². The summed E-state index contributed by atoms with van der Waals surface area (Å²) in [5, 5.41) is 3.24. The molecule has 19 heavy (non-hydrogen) atoms. The van der Waals surface area contributed by atoms with Crippen LogP contribution in [0.4, 0.5) is 4.79 Å². The van der Waals surface area contributed by atoms with Crippen LogP contribution in [0.25, 0.3) is 0 Å². The van der Waals surface area contributed by atoms with E-state index in [0.29, 0.717) is 6.54 Å². The van der Waals surface area contributed by atoms with Gasteiger partial charge >= 0.3 is 6.03 Å². The molecular weight excluding hydrogens is 240 g/mol. The molecule has 0 aromatic carbocycles. The Labute approximate surface area is 116 Å². The van der Waals surface area contributed by atoms with Gasteiger partial charge in [0, 0.05) is 32.7 Å². The van der Waals surface area contributed by atoms with E-state index in [9.17, 15) is 4.79 Å². The fraction of sp³-hybridized carbons (Fsp3) is 0.929. The largest absolute Gasteiger partial charge is 0.331 e. The smallest absolute Gasteiger partial charge is 0.317 e. The Morgan fingerprint density at radius 1 is 1.11 bits per heavy atom. The highest BCUT2D eigenvalue weighted by Gasteiger charge is 2.35. The molecule has 2 amide bonds. The van der Waals surface area contributed by atoms with Gasteiger partial charge in [0.25, 0.3) is 0 Å². The van der Waals surface area contributed by atoms with Crippen LogP contribution in [0.5, 0.6) is 0 Å². The molecule has 2 aliphatic heterocycles. The summed E-state index contributed by atoms with van der Waals surface area (Å²) in [5.41, 5.74) is 5.76. The molecule has 0 unspecified atom stereocenters. The number of hydrogen-bond donors (Lipinski definition) is 2. The number of amides is 2. The topological polar surface area (TPSA) is 61.6 Å². The van der Waals surface area contributed by atoms with Crippen LogP contribution in [0.15, 0.2) is 0 Å². The maximum absolute atomic E-state index is 12.4. The average molecular weight is 268 g/mol. The first-order valence-corrected chi connectivity index (χ1v) is 7.61. The molecule has 0 aromatic rings. The zero-order valence-corrected chi connectivity index (χ0v) is 12.2. The monoisotopic (exact) mass is 268 g/mol. The molecule has 0 radical (unpaired) electrons. The molecule has 2 fully saturated rings. The molecule has 110 valence electrons. The van der Waals surface area contributed by atoms with Crippen molar-refractivity contribution in [3.8, 4) is 0 Å². The summed E-state index contributed by atoms with van der Waals surface area (Å²) in [6, 6.07) is 0.0944. The standard InChI is InChI=1S/C14H28N4O/c1-17-10-6-14(12-15,7-11-17)16-13(19)18-8-4-2-3-5-9-18/h2-12,15H2,1H3,(H,16,19). The van der Waals surface area contributed by atoms with E-state index < -0.39 is 0 Å². The number of rotatable bonds is 2. The van der Waals surface area contributed by atoms with Gasteiger partial charge in [-0.25, -0.2) is 4.79 Å². The van der Waals surface area contributed by atoms with Gasteiger partial charge in [-0.05, 0) is 32.7 Å². The lowest BCUT2D eigenvalue weighted by Crippen LogP contribution is -2.61. The summed E-state index contributed by atoms with van der Waals surface area (Å²) >= 11 is 0. The van der Waals surface area contributed by atoms with Gasteiger partial charge < -0.3 is 20.9 Å². The normalized spacial score (nSPS) is 24.8. The maximum Gasteiger partial charge on any atom is 0.317 e. The first-order valence-electron chi connectivity index (χ1n) is 7.61. The zero-order chi connectivity index (χ0) is 13.7. The lowest BCUT2D eigenvalue weighted by atomic mass is 9.88. The van der Waals surface area contributed by atoms with Crippen molar-refractivity contribution in [1.29, 1.82) is 0 Å². The third-order valence-electron chi connectivity index (χ3n) is 4.60. The highest BCUT2D eigenvalue weighted by atomic mass is 16.2. The number of carbonyl (C=O) groups is 1. The number of likely N-dealkylation sites (tertiary alicyclic amines) is 2. The molecule has 2 saturated heterocycles. The van der Waals surface area contributed by atoms with Crippen molar-refractivity contribution in [3.63, 3.8) is 0 Å². The first kappa shape index (κ1) is 14.6. The van der Waals surface area contributed by atoms with E-state index in [1.807, 2.05) is 4.90 Å². The lowest BCUT2D eigenvalue weighted by Gasteiger charge is -2.41. The van der Waals surface area contributed by atoms with Crippen molar-refractivity contribution >= 4 is 6.03 Å². The van der Waals surface area contributed by atoms with Gasteiger partial charge in [0.15, 0.2) is 0 Å². The summed E-state index contributed by atoms with van der Waals surface area (Å²) in [6.45, 7) is 4.36. The van der Waals surface area contributed by atoms with E-state index in [-0.39, 0.29) is 11.6 Å². The summed E-state index contributed by atoms with van der Waals surface area (Å²) in [6.07, 6.45) is 6.67. The molecular formula is C14H28N4O. The number of hydrogen-bond acceptors (Lipinski definition) is 3. The second-order valence-corrected chi connectivity index (χ2v) is 6.12. The number of carbonyl (C=O) groups excluding carboxylic acids is 1. The number of urea groups is 1. The van der Waals surface area contributed by atoms with Crippen LogP contribution in [-0.2, 0) is 0 Å². The van der Waals surface area contributed by atoms with Gasteiger partial charge in [-0.15, -0.1) is 0 Å². The molecule has 5 heteroatoms. The molecule has 0 atom stereocenters. The molecule has 5 nitrogen and oxygen atoms in total. The maximum atomic E-state index is 12.4. The molecule has 2 heterocycles. The minimum Gasteiger partial charge on any atom is -0.331 e. The Kier molecular flexibility index (Phi) is 5.05. The van der Waals surface area contributed by atoms with Gasteiger partial charge in [0.05, 0.1) is 5.54 Å². The predicted octanol–water partition coefficient (Wildman–Crippen LogP) is 0.995. The van der Waals surface area contributed by atoms with E-state index in [0.717, 1.165) is 51.9 Å². The van der Waals surface area contributed by atoms with Crippen molar-refractivity contribution in [1.82, 2.24) is 15.1 Å². The summed E-state index contributed by atoms with van der Waals surface area (Å²) in [5.74, 6) is 0. The Balaban J connectivity index is 1.91.